The van der Waals surface area contributed by atoms with E-state index in [0.717, 1.165) is 0 Å². The van der Waals surface area contributed by atoms with E-state index in [1.807, 2.05) is 0 Å². The largest absolute Gasteiger partial charge is 0.481 e. The van der Waals surface area contributed by atoms with Crippen molar-refractivity contribution in [2.45, 2.75) is 12.5 Å². The third kappa shape index (κ3) is 2.14. The summed E-state index contributed by atoms with van der Waals surface area (Å²) in [4.78, 5) is 17.5. The second-order valence-corrected chi connectivity index (χ2v) is 3.78. The summed E-state index contributed by atoms with van der Waals surface area (Å²) < 4.78 is 4.92. The van der Waals surface area contributed by atoms with Crippen molar-refractivity contribution in [2.24, 2.45) is 0 Å². The number of rotatable bonds is 2. The molecule has 1 aliphatic rings. The van der Waals surface area contributed by atoms with Crippen LogP contribution in [0.25, 0.3) is 0 Å². The van der Waals surface area contributed by atoms with Crippen LogP contribution in [0.5, 0.6) is 5.88 Å². The van der Waals surface area contributed by atoms with Crippen molar-refractivity contribution in [1.82, 2.24) is 9.88 Å². The van der Waals surface area contributed by atoms with Crippen molar-refractivity contribution < 1.29 is 14.6 Å². The number of methoxy groups -OCH3 is 1. The number of carbonyl (C=O) groups is 1. The molecule has 1 aliphatic heterocycles. The molecule has 0 bridgehead atoms. The van der Waals surface area contributed by atoms with E-state index in [4.69, 9.17) is 4.74 Å². The maximum Gasteiger partial charge on any atom is 0.255 e. The van der Waals surface area contributed by atoms with Crippen LogP contribution in [0.2, 0.25) is 0 Å². The number of aliphatic hydroxyl groups excluding tert-OH is 1. The van der Waals surface area contributed by atoms with E-state index in [0.29, 0.717) is 31.0 Å². The number of hydrogen-bond donors (Lipinski definition) is 1. The lowest BCUT2D eigenvalue weighted by atomic mass is 10.2. The third-order valence-corrected chi connectivity index (χ3v) is 2.64. The second-order valence-electron chi connectivity index (χ2n) is 3.78. The molecule has 1 N–H and O–H groups in total. The molecular weight excluding hydrogens is 208 g/mol. The van der Waals surface area contributed by atoms with E-state index >= 15 is 0 Å². The maximum absolute atomic E-state index is 11.9. The monoisotopic (exact) mass is 222 g/mol. The lowest BCUT2D eigenvalue weighted by molar-refractivity contribution is 0.0764. The number of aromatic nitrogens is 1. The minimum Gasteiger partial charge on any atom is -0.481 e. The molecule has 0 aliphatic carbocycles. The fraction of sp³-hybridized carbons (Fsp3) is 0.455. The number of carbonyl (C=O) groups excluding carboxylic acids is 1. The van der Waals surface area contributed by atoms with E-state index < -0.39 is 6.10 Å². The first-order valence-electron chi connectivity index (χ1n) is 5.18. The SMILES string of the molecule is COc1ccc(C(=O)N2CC[C@@H](O)C2)cn1. The van der Waals surface area contributed by atoms with Gasteiger partial charge in [-0.3, -0.25) is 4.79 Å². The molecule has 1 amide bonds. The predicted octanol–water partition coefficient (Wildman–Crippen LogP) is 0.297. The molecule has 1 fully saturated rings. The van der Waals surface area contributed by atoms with Gasteiger partial charge in [0.1, 0.15) is 0 Å². The smallest absolute Gasteiger partial charge is 0.255 e. The minimum absolute atomic E-state index is 0.0910. The normalized spacial score (nSPS) is 19.9. The Morgan fingerprint density at radius 2 is 2.44 bits per heavy atom. The highest BCUT2D eigenvalue weighted by Gasteiger charge is 2.25. The molecule has 1 saturated heterocycles. The number of ether oxygens (including phenoxy) is 1. The van der Waals surface area contributed by atoms with Gasteiger partial charge in [0.25, 0.3) is 5.91 Å². The summed E-state index contributed by atoms with van der Waals surface area (Å²) in [6.07, 6.45) is 1.75. The molecule has 1 aromatic heterocycles. The number of β-amino-alcohol motifs (C(OH)–C–C–N with tert-alkyl or cyclic N) is 1. The first-order chi connectivity index (χ1) is 7.70. The van der Waals surface area contributed by atoms with Crippen LogP contribution in [0.15, 0.2) is 18.3 Å². The van der Waals surface area contributed by atoms with Gasteiger partial charge in [0.2, 0.25) is 5.88 Å². The number of nitrogens with zero attached hydrogens (tertiary/aromatic N) is 2. The van der Waals surface area contributed by atoms with Crippen LogP contribution in [-0.2, 0) is 0 Å². The fourth-order valence-corrected chi connectivity index (χ4v) is 1.74. The van der Waals surface area contributed by atoms with E-state index in [9.17, 15) is 9.90 Å². The molecule has 1 atom stereocenters. The van der Waals surface area contributed by atoms with Gasteiger partial charge in [-0.1, -0.05) is 0 Å². The summed E-state index contributed by atoms with van der Waals surface area (Å²) in [7, 11) is 1.53. The number of hydrogen-bond acceptors (Lipinski definition) is 4. The molecule has 0 aromatic carbocycles. The van der Waals surface area contributed by atoms with Crippen molar-refractivity contribution >= 4 is 5.91 Å². The number of pyridine rings is 1. The van der Waals surface area contributed by atoms with Crippen LogP contribution < -0.4 is 4.74 Å². The summed E-state index contributed by atoms with van der Waals surface area (Å²) in [5, 5.41) is 9.35. The summed E-state index contributed by atoms with van der Waals surface area (Å²) in [6.45, 7) is 1.01. The molecule has 5 heteroatoms. The molecule has 2 rings (SSSR count). The average Bonchev–Trinajstić information content (AvgIpc) is 2.75. The molecule has 0 spiro atoms. The molecule has 0 radical (unpaired) electrons. The van der Waals surface area contributed by atoms with Crippen LogP contribution in [0.3, 0.4) is 0 Å². The Balaban J connectivity index is 2.08. The predicted molar refractivity (Wildman–Crippen MR) is 57.3 cm³/mol. The van der Waals surface area contributed by atoms with E-state index in [1.165, 1.54) is 13.3 Å². The highest BCUT2D eigenvalue weighted by molar-refractivity contribution is 5.94. The van der Waals surface area contributed by atoms with E-state index in [1.54, 1.807) is 17.0 Å². The van der Waals surface area contributed by atoms with Crippen LogP contribution in [-0.4, -0.2) is 47.2 Å². The van der Waals surface area contributed by atoms with Crippen molar-refractivity contribution in [3.8, 4) is 5.88 Å². The molecular formula is C11H14N2O3. The van der Waals surface area contributed by atoms with Crippen LogP contribution >= 0.6 is 0 Å². The maximum atomic E-state index is 11.9. The fourth-order valence-electron chi connectivity index (χ4n) is 1.74. The van der Waals surface area contributed by atoms with Gasteiger partial charge in [0.15, 0.2) is 0 Å². The lowest BCUT2D eigenvalue weighted by Gasteiger charge is -2.15. The Kier molecular flexibility index (Phi) is 3.05. The topological polar surface area (TPSA) is 62.7 Å². The second kappa shape index (κ2) is 4.49. The molecule has 86 valence electrons. The highest BCUT2D eigenvalue weighted by Crippen LogP contribution is 2.14. The van der Waals surface area contributed by atoms with Gasteiger partial charge in [0, 0.05) is 25.4 Å². The average molecular weight is 222 g/mol. The van der Waals surface area contributed by atoms with Gasteiger partial charge in [-0.25, -0.2) is 4.98 Å². The number of aliphatic hydroxyl groups is 1. The zero-order valence-corrected chi connectivity index (χ0v) is 9.09. The first kappa shape index (κ1) is 10.9. The summed E-state index contributed by atoms with van der Waals surface area (Å²) >= 11 is 0. The molecule has 0 saturated carbocycles. The van der Waals surface area contributed by atoms with E-state index in [2.05, 4.69) is 4.98 Å². The quantitative estimate of drug-likeness (QED) is 0.781. The van der Waals surface area contributed by atoms with E-state index in [-0.39, 0.29) is 5.91 Å². The van der Waals surface area contributed by atoms with Gasteiger partial charge in [-0.2, -0.15) is 0 Å². The molecule has 0 unspecified atom stereocenters. The zero-order chi connectivity index (χ0) is 11.5. The highest BCUT2D eigenvalue weighted by atomic mass is 16.5. The Bertz CT molecular complexity index is 377. The third-order valence-electron chi connectivity index (χ3n) is 2.64. The summed E-state index contributed by atoms with van der Waals surface area (Å²) in [6, 6.07) is 3.33. The van der Waals surface area contributed by atoms with Gasteiger partial charge in [-0.05, 0) is 12.5 Å². The van der Waals surface area contributed by atoms with Gasteiger partial charge < -0.3 is 14.7 Å². The van der Waals surface area contributed by atoms with Gasteiger partial charge in [0.05, 0.1) is 18.8 Å². The molecule has 1 aromatic rings. The Morgan fingerprint density at radius 3 is 2.94 bits per heavy atom. The summed E-state index contributed by atoms with van der Waals surface area (Å²) in [5.41, 5.74) is 0.523. The Morgan fingerprint density at radius 1 is 1.62 bits per heavy atom. The lowest BCUT2D eigenvalue weighted by Crippen LogP contribution is -2.29. The minimum atomic E-state index is -0.393. The van der Waals surface area contributed by atoms with Crippen LogP contribution in [0, 0.1) is 0 Å². The Hall–Kier alpha value is -1.62. The van der Waals surface area contributed by atoms with Crippen LogP contribution in [0.1, 0.15) is 16.8 Å². The Labute approximate surface area is 93.7 Å². The van der Waals surface area contributed by atoms with Crippen molar-refractivity contribution in [1.29, 1.82) is 0 Å². The molecule has 16 heavy (non-hydrogen) atoms. The standard InChI is InChI=1S/C11H14N2O3/c1-16-10-3-2-8(6-12-10)11(15)13-5-4-9(14)7-13/h2-3,6,9,14H,4-5,7H2,1H3/t9-/m1/s1. The molecule has 5 nitrogen and oxygen atoms in total. The van der Waals surface area contributed by atoms with Gasteiger partial charge >= 0.3 is 0 Å². The van der Waals surface area contributed by atoms with Crippen LogP contribution in [0.4, 0.5) is 0 Å². The summed E-state index contributed by atoms with van der Waals surface area (Å²) in [5.74, 6) is 0.393. The van der Waals surface area contributed by atoms with Crippen molar-refractivity contribution in [3.63, 3.8) is 0 Å². The molecule has 2 heterocycles. The van der Waals surface area contributed by atoms with Crippen molar-refractivity contribution in [3.05, 3.63) is 23.9 Å². The van der Waals surface area contributed by atoms with Crippen molar-refractivity contribution in [2.75, 3.05) is 20.2 Å². The first-order valence-corrected chi connectivity index (χ1v) is 5.18. The van der Waals surface area contributed by atoms with Gasteiger partial charge in [-0.15, -0.1) is 0 Å². The number of likely N-dealkylation sites (tertiary alicyclic amines) is 1. The number of amides is 1. The zero-order valence-electron chi connectivity index (χ0n) is 9.09.